The first-order chi connectivity index (χ1) is 13.5. The summed E-state index contributed by atoms with van der Waals surface area (Å²) in [6.45, 7) is 7.86. The van der Waals surface area contributed by atoms with Crippen LogP contribution in [0, 0.1) is 13.8 Å². The summed E-state index contributed by atoms with van der Waals surface area (Å²) in [4.78, 5) is 13.5. The lowest BCUT2D eigenvalue weighted by Crippen LogP contribution is -2.45. The van der Waals surface area contributed by atoms with Gasteiger partial charge in [-0.25, -0.2) is 0 Å². The Balaban J connectivity index is 1.90. The lowest BCUT2D eigenvalue weighted by atomic mass is 9.73. The molecular weight excluding hydrogens is 374 g/mol. The van der Waals surface area contributed by atoms with Gasteiger partial charge in [-0.3, -0.25) is 4.79 Å². The van der Waals surface area contributed by atoms with Gasteiger partial charge in [0.05, 0.1) is 12.0 Å². The van der Waals surface area contributed by atoms with Crippen molar-refractivity contribution in [2.45, 2.75) is 45.4 Å². The zero-order valence-corrected chi connectivity index (χ0v) is 17.6. The van der Waals surface area contributed by atoms with Crippen LogP contribution in [-0.4, -0.2) is 25.7 Å². The lowest BCUT2D eigenvalue weighted by molar-refractivity contribution is -0.125. The van der Waals surface area contributed by atoms with Crippen molar-refractivity contribution in [2.75, 3.05) is 25.1 Å². The number of amides is 1. The van der Waals surface area contributed by atoms with E-state index in [1.807, 2.05) is 50.2 Å². The highest BCUT2D eigenvalue weighted by atomic mass is 35.5. The summed E-state index contributed by atoms with van der Waals surface area (Å²) in [5.74, 6) is 0.858. The van der Waals surface area contributed by atoms with E-state index in [0.29, 0.717) is 37.7 Å². The van der Waals surface area contributed by atoms with E-state index in [-0.39, 0.29) is 5.91 Å². The Morgan fingerprint density at radius 3 is 2.43 bits per heavy atom. The Morgan fingerprint density at radius 2 is 1.82 bits per heavy atom. The van der Waals surface area contributed by atoms with Gasteiger partial charge in [0, 0.05) is 23.9 Å². The van der Waals surface area contributed by atoms with E-state index in [0.717, 1.165) is 34.5 Å². The van der Waals surface area contributed by atoms with Crippen molar-refractivity contribution in [1.82, 2.24) is 0 Å². The summed E-state index contributed by atoms with van der Waals surface area (Å²) in [5.41, 5.74) is 3.00. The Hall–Kier alpha value is -2.04. The van der Waals surface area contributed by atoms with Crippen LogP contribution in [0.2, 0.25) is 5.02 Å². The molecule has 1 N–H and O–H groups in total. The smallest absolute Gasteiger partial charge is 0.235 e. The fraction of sp³-hybridized carbons (Fsp3) is 0.435. The topological polar surface area (TPSA) is 47.6 Å². The number of benzene rings is 2. The van der Waals surface area contributed by atoms with Gasteiger partial charge in [0.25, 0.3) is 0 Å². The summed E-state index contributed by atoms with van der Waals surface area (Å²) < 4.78 is 11.4. The maximum absolute atomic E-state index is 13.5. The second kappa shape index (κ2) is 8.97. The number of hydrogen-bond donors (Lipinski definition) is 1. The van der Waals surface area contributed by atoms with Crippen LogP contribution in [0.4, 0.5) is 5.69 Å². The van der Waals surface area contributed by atoms with Crippen molar-refractivity contribution in [3.05, 3.63) is 58.1 Å². The third-order valence-corrected chi connectivity index (χ3v) is 5.67. The van der Waals surface area contributed by atoms with E-state index in [4.69, 9.17) is 21.1 Å². The van der Waals surface area contributed by atoms with E-state index in [1.54, 1.807) is 0 Å². The van der Waals surface area contributed by atoms with Crippen LogP contribution in [-0.2, 0) is 14.9 Å². The van der Waals surface area contributed by atoms with Gasteiger partial charge >= 0.3 is 0 Å². The number of carbonyl (C=O) groups excluding carboxylic acids is 1. The molecule has 0 unspecified atom stereocenters. The summed E-state index contributed by atoms with van der Waals surface area (Å²) in [7, 11) is 0. The van der Waals surface area contributed by atoms with Gasteiger partial charge in [0.2, 0.25) is 5.91 Å². The Bertz CT molecular complexity index is 820. The van der Waals surface area contributed by atoms with Gasteiger partial charge in [0.1, 0.15) is 5.75 Å². The Morgan fingerprint density at radius 1 is 1.18 bits per heavy atom. The first kappa shape index (κ1) is 20.7. The van der Waals surface area contributed by atoms with Crippen molar-refractivity contribution in [1.29, 1.82) is 0 Å². The van der Waals surface area contributed by atoms with E-state index in [1.165, 1.54) is 0 Å². The third kappa shape index (κ3) is 4.18. The van der Waals surface area contributed by atoms with Gasteiger partial charge in [-0.2, -0.15) is 0 Å². The molecule has 0 atom stereocenters. The minimum Gasteiger partial charge on any atom is -0.493 e. The highest BCUT2D eigenvalue weighted by Gasteiger charge is 2.43. The van der Waals surface area contributed by atoms with Crippen LogP contribution in [0.1, 0.15) is 42.9 Å². The molecule has 0 aromatic heterocycles. The monoisotopic (exact) mass is 401 g/mol. The average Bonchev–Trinajstić information content (AvgIpc) is 2.68. The van der Waals surface area contributed by atoms with Crippen molar-refractivity contribution in [3.63, 3.8) is 0 Å². The molecule has 1 aliphatic heterocycles. The quantitative estimate of drug-likeness (QED) is 0.701. The molecule has 0 spiro atoms. The molecule has 1 aliphatic rings. The predicted molar refractivity (Wildman–Crippen MR) is 114 cm³/mol. The van der Waals surface area contributed by atoms with Gasteiger partial charge in [-0.05, 0) is 68.0 Å². The molecule has 1 saturated heterocycles. The number of halogens is 1. The Kier molecular flexibility index (Phi) is 6.63. The minimum absolute atomic E-state index is 0.0371. The molecule has 28 heavy (non-hydrogen) atoms. The predicted octanol–water partition coefficient (Wildman–Crippen LogP) is 5.43. The van der Waals surface area contributed by atoms with Gasteiger partial charge in [-0.1, -0.05) is 36.7 Å². The third-order valence-electron chi connectivity index (χ3n) is 5.34. The number of aryl methyl sites for hydroxylation is 2. The molecular formula is C23H28ClNO3. The van der Waals surface area contributed by atoms with Crippen LogP contribution in [0.5, 0.6) is 5.75 Å². The number of ether oxygens (including phenoxy) is 2. The molecule has 2 aromatic rings. The van der Waals surface area contributed by atoms with Crippen molar-refractivity contribution in [3.8, 4) is 5.75 Å². The van der Waals surface area contributed by atoms with Crippen LogP contribution in [0.15, 0.2) is 36.4 Å². The normalized spacial score (nSPS) is 15.9. The van der Waals surface area contributed by atoms with E-state index in [9.17, 15) is 4.79 Å². The maximum Gasteiger partial charge on any atom is 0.235 e. The second-order valence-corrected chi connectivity index (χ2v) is 7.82. The fourth-order valence-electron chi connectivity index (χ4n) is 3.89. The average molecular weight is 402 g/mol. The van der Waals surface area contributed by atoms with Crippen LogP contribution < -0.4 is 10.1 Å². The van der Waals surface area contributed by atoms with Crippen LogP contribution in [0.25, 0.3) is 0 Å². The summed E-state index contributed by atoms with van der Waals surface area (Å²) in [6, 6.07) is 11.5. The van der Waals surface area contributed by atoms with Gasteiger partial charge in [-0.15, -0.1) is 0 Å². The molecule has 0 aliphatic carbocycles. The van der Waals surface area contributed by atoms with Crippen molar-refractivity contribution >= 4 is 23.2 Å². The summed E-state index contributed by atoms with van der Waals surface area (Å²) in [6.07, 6.45) is 2.18. The number of rotatable bonds is 6. The zero-order chi connectivity index (χ0) is 20.1. The molecule has 5 heteroatoms. The van der Waals surface area contributed by atoms with Crippen LogP contribution >= 0.6 is 11.6 Å². The minimum atomic E-state index is -0.685. The van der Waals surface area contributed by atoms with Crippen molar-refractivity contribution < 1.29 is 14.3 Å². The van der Waals surface area contributed by atoms with E-state index >= 15 is 0 Å². The van der Waals surface area contributed by atoms with Gasteiger partial charge in [0.15, 0.2) is 0 Å². The maximum atomic E-state index is 13.5. The molecule has 0 saturated carbocycles. The molecule has 0 bridgehead atoms. The van der Waals surface area contributed by atoms with Crippen LogP contribution in [0.3, 0.4) is 0 Å². The zero-order valence-electron chi connectivity index (χ0n) is 16.8. The molecule has 1 fully saturated rings. The highest BCUT2D eigenvalue weighted by molar-refractivity contribution is 6.31. The standard InChI is InChI=1S/C23H28ClNO3/c1-4-11-28-21-16(2)14-18(15-17(21)3)25-22(26)23(9-12-27-13-10-23)19-7-5-6-8-20(19)24/h5-8,14-15H,4,9-13H2,1-3H3,(H,25,26). The SMILES string of the molecule is CCCOc1c(C)cc(NC(=O)C2(c3ccccc3Cl)CCOCC2)cc1C. The summed E-state index contributed by atoms with van der Waals surface area (Å²) in [5, 5.41) is 3.76. The largest absolute Gasteiger partial charge is 0.493 e. The molecule has 150 valence electrons. The Labute approximate surface area is 172 Å². The van der Waals surface area contributed by atoms with E-state index < -0.39 is 5.41 Å². The lowest BCUT2D eigenvalue weighted by Gasteiger charge is -2.36. The number of nitrogens with one attached hydrogen (secondary N) is 1. The molecule has 4 nitrogen and oxygen atoms in total. The molecule has 1 heterocycles. The number of anilines is 1. The summed E-state index contributed by atoms with van der Waals surface area (Å²) >= 11 is 6.48. The van der Waals surface area contributed by atoms with E-state index in [2.05, 4.69) is 12.2 Å². The second-order valence-electron chi connectivity index (χ2n) is 7.42. The first-order valence-electron chi connectivity index (χ1n) is 9.86. The van der Waals surface area contributed by atoms with Gasteiger partial charge < -0.3 is 14.8 Å². The molecule has 2 aromatic carbocycles. The molecule has 1 amide bonds. The molecule has 3 rings (SSSR count). The fourth-order valence-corrected chi connectivity index (χ4v) is 4.21. The molecule has 0 radical (unpaired) electrons. The van der Waals surface area contributed by atoms with Crippen molar-refractivity contribution in [2.24, 2.45) is 0 Å². The number of hydrogen-bond acceptors (Lipinski definition) is 3. The number of carbonyl (C=O) groups is 1. The first-order valence-corrected chi connectivity index (χ1v) is 10.2. The highest BCUT2D eigenvalue weighted by Crippen LogP contribution is 2.40.